The van der Waals surface area contributed by atoms with Crippen molar-refractivity contribution in [1.29, 1.82) is 0 Å². The fourth-order valence-electron chi connectivity index (χ4n) is 3.96. The highest BCUT2D eigenvalue weighted by Crippen LogP contribution is 2.30. The lowest BCUT2D eigenvalue weighted by atomic mass is 10.2. The number of hydrogen-bond acceptors (Lipinski definition) is 3. The molecule has 4 aromatic carbocycles. The predicted molar refractivity (Wildman–Crippen MR) is 139 cm³/mol. The molecule has 0 saturated heterocycles. The Morgan fingerprint density at radius 3 is 2.23 bits per heavy atom. The van der Waals surface area contributed by atoms with E-state index in [1.54, 1.807) is 0 Å². The lowest BCUT2D eigenvalue weighted by molar-refractivity contribution is -0.118. The van der Waals surface area contributed by atoms with Gasteiger partial charge in [0.25, 0.3) is 0 Å². The topological polar surface area (TPSA) is 52.5 Å². The smallest absolute Gasteiger partial charge is 0.247 e. The number of nitrogens with one attached hydrogen (secondary N) is 1. The maximum Gasteiger partial charge on any atom is 0.247 e. The van der Waals surface area contributed by atoms with Gasteiger partial charge in [-0.3, -0.25) is 4.79 Å². The van der Waals surface area contributed by atoms with Gasteiger partial charge in [0.1, 0.15) is 29.9 Å². The number of nitrogens with zero attached hydrogens (tertiary/aromatic N) is 1. The predicted octanol–water partition coefficient (Wildman–Crippen LogP) is 7.21. The average Bonchev–Trinajstić information content (AvgIpc) is 3.34. The van der Waals surface area contributed by atoms with Crippen LogP contribution in [0.5, 0.6) is 17.2 Å². The Kier molecular flexibility index (Phi) is 6.48. The number of rotatable bonds is 8. The van der Waals surface area contributed by atoms with Gasteiger partial charge < -0.3 is 19.4 Å². The Balaban J connectivity index is 1.26. The summed E-state index contributed by atoms with van der Waals surface area (Å²) in [7, 11) is 0. The molecule has 5 nitrogen and oxygen atoms in total. The second-order valence-corrected chi connectivity index (χ2v) is 8.29. The SMILES string of the molecule is CC(C(=O)Nc1ccc(Oc2ccccc2)cc1)n1ccc2c(OCc3ccccc3)cccc21. The van der Waals surface area contributed by atoms with Gasteiger partial charge in [0.2, 0.25) is 5.91 Å². The third-order valence-corrected chi connectivity index (χ3v) is 5.86. The highest BCUT2D eigenvalue weighted by atomic mass is 16.5. The van der Waals surface area contributed by atoms with Crippen molar-refractivity contribution in [3.05, 3.63) is 121 Å². The normalized spacial score (nSPS) is 11.7. The Morgan fingerprint density at radius 1 is 0.800 bits per heavy atom. The molecule has 1 aromatic heterocycles. The van der Waals surface area contributed by atoms with Gasteiger partial charge in [0.05, 0.1) is 5.52 Å². The van der Waals surface area contributed by atoms with E-state index in [0.717, 1.165) is 28.0 Å². The molecule has 1 amide bonds. The molecule has 174 valence electrons. The van der Waals surface area contributed by atoms with Crippen molar-refractivity contribution in [3.8, 4) is 17.2 Å². The number of para-hydroxylation sites is 1. The van der Waals surface area contributed by atoms with Crippen molar-refractivity contribution in [2.75, 3.05) is 5.32 Å². The minimum atomic E-state index is -0.405. The van der Waals surface area contributed by atoms with Crippen molar-refractivity contribution in [3.63, 3.8) is 0 Å². The molecule has 0 aliphatic rings. The molecule has 35 heavy (non-hydrogen) atoms. The minimum Gasteiger partial charge on any atom is -0.488 e. The van der Waals surface area contributed by atoms with Crippen LogP contribution in [0, 0.1) is 0 Å². The molecule has 0 aliphatic heterocycles. The van der Waals surface area contributed by atoms with E-state index in [1.807, 2.05) is 127 Å². The summed E-state index contributed by atoms with van der Waals surface area (Å²) in [5, 5.41) is 3.98. The molecule has 0 bridgehead atoms. The van der Waals surface area contributed by atoms with Crippen LogP contribution in [0.4, 0.5) is 5.69 Å². The largest absolute Gasteiger partial charge is 0.488 e. The molecular formula is C30H26N2O3. The van der Waals surface area contributed by atoms with Crippen LogP contribution in [0.2, 0.25) is 0 Å². The molecule has 0 aliphatic carbocycles. The van der Waals surface area contributed by atoms with Crippen LogP contribution in [0.25, 0.3) is 10.9 Å². The van der Waals surface area contributed by atoms with Crippen molar-refractivity contribution in [2.24, 2.45) is 0 Å². The Hall–Kier alpha value is -4.51. The summed E-state index contributed by atoms with van der Waals surface area (Å²) in [6.07, 6.45) is 1.93. The molecule has 5 aromatic rings. The van der Waals surface area contributed by atoms with Gasteiger partial charge in [-0.1, -0.05) is 54.6 Å². The van der Waals surface area contributed by atoms with Crippen LogP contribution in [-0.4, -0.2) is 10.5 Å². The lowest BCUT2D eigenvalue weighted by Gasteiger charge is -2.16. The van der Waals surface area contributed by atoms with E-state index in [4.69, 9.17) is 9.47 Å². The molecular weight excluding hydrogens is 436 g/mol. The monoisotopic (exact) mass is 462 g/mol. The third-order valence-electron chi connectivity index (χ3n) is 5.86. The molecule has 1 heterocycles. The van der Waals surface area contributed by atoms with E-state index in [9.17, 15) is 4.79 Å². The molecule has 1 unspecified atom stereocenters. The second kappa shape index (κ2) is 10.2. The van der Waals surface area contributed by atoms with Gasteiger partial charge in [0.15, 0.2) is 0 Å². The fourth-order valence-corrected chi connectivity index (χ4v) is 3.96. The van der Waals surface area contributed by atoms with E-state index in [0.29, 0.717) is 18.0 Å². The summed E-state index contributed by atoms with van der Waals surface area (Å²) in [6, 6.07) is 34.5. The number of fused-ring (bicyclic) bond motifs is 1. The van der Waals surface area contributed by atoms with Crippen LogP contribution in [0.1, 0.15) is 18.5 Å². The first-order chi connectivity index (χ1) is 17.2. The third kappa shape index (κ3) is 5.20. The van der Waals surface area contributed by atoms with E-state index >= 15 is 0 Å². The second-order valence-electron chi connectivity index (χ2n) is 8.29. The average molecular weight is 463 g/mol. The van der Waals surface area contributed by atoms with Gasteiger partial charge in [-0.2, -0.15) is 0 Å². The van der Waals surface area contributed by atoms with E-state index < -0.39 is 6.04 Å². The summed E-state index contributed by atoms with van der Waals surface area (Å²) in [4.78, 5) is 13.0. The summed E-state index contributed by atoms with van der Waals surface area (Å²) in [6.45, 7) is 2.38. The number of benzene rings is 4. The standard InChI is InChI=1S/C30H26N2O3/c1-22(30(33)31-24-15-17-26(18-16-24)35-25-11-6-3-7-12-25)32-20-19-27-28(32)13-8-14-29(27)34-21-23-9-4-2-5-10-23/h2-20,22H,21H2,1H3,(H,31,33). The molecule has 0 spiro atoms. The van der Waals surface area contributed by atoms with E-state index in [2.05, 4.69) is 5.32 Å². The van der Waals surface area contributed by atoms with E-state index in [-0.39, 0.29) is 5.91 Å². The van der Waals surface area contributed by atoms with Crippen LogP contribution >= 0.6 is 0 Å². The van der Waals surface area contributed by atoms with Crippen molar-refractivity contribution in [2.45, 2.75) is 19.6 Å². The van der Waals surface area contributed by atoms with Gasteiger partial charge in [-0.25, -0.2) is 0 Å². The molecule has 0 radical (unpaired) electrons. The minimum absolute atomic E-state index is 0.102. The first-order valence-electron chi connectivity index (χ1n) is 11.6. The zero-order chi connectivity index (χ0) is 24.0. The quantitative estimate of drug-likeness (QED) is 0.265. The number of hydrogen-bond donors (Lipinski definition) is 1. The van der Waals surface area contributed by atoms with Gasteiger partial charge in [-0.05, 0) is 67.1 Å². The Morgan fingerprint density at radius 2 is 1.49 bits per heavy atom. The number of amides is 1. The van der Waals surface area contributed by atoms with Crippen LogP contribution < -0.4 is 14.8 Å². The number of carbonyl (C=O) groups is 1. The summed E-state index contributed by atoms with van der Waals surface area (Å²) in [5.41, 5.74) is 2.77. The Bertz CT molecular complexity index is 1410. The van der Waals surface area contributed by atoms with Crippen molar-refractivity contribution < 1.29 is 14.3 Å². The van der Waals surface area contributed by atoms with Crippen molar-refractivity contribution >= 4 is 22.5 Å². The summed E-state index contributed by atoms with van der Waals surface area (Å²) in [5.74, 6) is 2.17. The number of carbonyl (C=O) groups excluding carboxylic acids is 1. The number of anilines is 1. The van der Waals surface area contributed by atoms with Crippen LogP contribution in [0.3, 0.4) is 0 Å². The summed E-state index contributed by atoms with van der Waals surface area (Å²) < 4.78 is 13.9. The van der Waals surface area contributed by atoms with E-state index in [1.165, 1.54) is 0 Å². The highest BCUT2D eigenvalue weighted by Gasteiger charge is 2.18. The number of aromatic nitrogens is 1. The maximum absolute atomic E-state index is 13.0. The highest BCUT2D eigenvalue weighted by molar-refractivity contribution is 5.95. The first-order valence-corrected chi connectivity index (χ1v) is 11.6. The molecule has 1 N–H and O–H groups in total. The molecule has 5 heteroatoms. The number of ether oxygens (including phenoxy) is 2. The van der Waals surface area contributed by atoms with Crippen LogP contribution in [0.15, 0.2) is 115 Å². The molecule has 0 fully saturated rings. The zero-order valence-electron chi connectivity index (χ0n) is 19.4. The van der Waals surface area contributed by atoms with Gasteiger partial charge in [0, 0.05) is 17.3 Å². The summed E-state index contributed by atoms with van der Waals surface area (Å²) >= 11 is 0. The first kappa shape index (κ1) is 22.3. The molecule has 1 atom stereocenters. The molecule has 5 rings (SSSR count). The zero-order valence-corrected chi connectivity index (χ0v) is 19.4. The molecule has 0 saturated carbocycles. The fraction of sp³-hybridized carbons (Fsp3) is 0.100. The lowest BCUT2D eigenvalue weighted by Crippen LogP contribution is -2.23. The maximum atomic E-state index is 13.0. The van der Waals surface area contributed by atoms with Gasteiger partial charge in [-0.15, -0.1) is 0 Å². The Labute approximate surface area is 204 Å². The van der Waals surface area contributed by atoms with Crippen molar-refractivity contribution in [1.82, 2.24) is 4.57 Å². The van der Waals surface area contributed by atoms with Gasteiger partial charge >= 0.3 is 0 Å². The van der Waals surface area contributed by atoms with Crippen LogP contribution in [-0.2, 0) is 11.4 Å².